The van der Waals surface area contributed by atoms with Gasteiger partial charge in [0.15, 0.2) is 6.61 Å². The summed E-state index contributed by atoms with van der Waals surface area (Å²) in [5, 5.41) is 20.6. The molecule has 21 heavy (non-hydrogen) atoms. The molecule has 0 aliphatic rings. The number of hydrogen-bond acceptors (Lipinski definition) is 4. The molecule has 1 amide bonds. The molecule has 0 saturated heterocycles. The van der Waals surface area contributed by atoms with Gasteiger partial charge in [-0.3, -0.25) is 9.59 Å². The Balaban J connectivity index is 2.42. The number of aliphatic hydroxyl groups is 1. The number of ether oxygens (including phenoxy) is 1. The molecule has 8 heteroatoms. The highest BCUT2D eigenvalue weighted by Gasteiger charge is 2.24. The quantitative estimate of drug-likeness (QED) is 0.702. The van der Waals surface area contributed by atoms with Gasteiger partial charge in [-0.05, 0) is 25.1 Å². The summed E-state index contributed by atoms with van der Waals surface area (Å²) in [5.41, 5.74) is -1.56. The monoisotopic (exact) mass is 319 g/mol. The second-order valence-corrected chi connectivity index (χ2v) is 5.11. The van der Waals surface area contributed by atoms with Crippen molar-refractivity contribution in [1.29, 1.82) is 0 Å². The zero-order chi connectivity index (χ0) is 16.0. The van der Waals surface area contributed by atoms with Gasteiger partial charge >= 0.3 is 5.97 Å². The van der Waals surface area contributed by atoms with Crippen molar-refractivity contribution in [3.05, 3.63) is 29.0 Å². The van der Waals surface area contributed by atoms with Gasteiger partial charge in [-0.2, -0.15) is 0 Å². The van der Waals surface area contributed by atoms with Crippen LogP contribution >= 0.6 is 11.6 Å². The average molecular weight is 320 g/mol. The van der Waals surface area contributed by atoms with Crippen LogP contribution in [0.25, 0.3) is 0 Å². The fourth-order valence-corrected chi connectivity index (χ4v) is 1.69. The molecule has 0 bridgehead atoms. The molecular formula is C13H15ClFNO5. The fourth-order valence-electron chi connectivity index (χ4n) is 1.46. The highest BCUT2D eigenvalue weighted by atomic mass is 35.5. The maximum Gasteiger partial charge on any atom is 0.306 e. The van der Waals surface area contributed by atoms with Gasteiger partial charge < -0.3 is 20.3 Å². The van der Waals surface area contributed by atoms with E-state index in [0.717, 1.165) is 12.1 Å². The molecule has 1 rings (SSSR count). The lowest BCUT2D eigenvalue weighted by Crippen LogP contribution is -2.43. The van der Waals surface area contributed by atoms with Crippen molar-refractivity contribution in [3.63, 3.8) is 0 Å². The van der Waals surface area contributed by atoms with Crippen LogP contribution in [-0.4, -0.2) is 40.8 Å². The van der Waals surface area contributed by atoms with Crippen LogP contribution in [0.4, 0.5) is 4.39 Å². The molecule has 0 radical (unpaired) electrons. The number of aliphatic carboxylic acids is 1. The first-order valence-corrected chi connectivity index (χ1v) is 6.36. The van der Waals surface area contributed by atoms with E-state index in [1.54, 1.807) is 0 Å². The summed E-state index contributed by atoms with van der Waals surface area (Å²) in [6.07, 6.45) is -0.502. The molecular weight excluding hydrogens is 305 g/mol. The van der Waals surface area contributed by atoms with E-state index in [2.05, 4.69) is 5.32 Å². The smallest absolute Gasteiger partial charge is 0.306 e. The number of carboxylic acids is 1. The average Bonchev–Trinajstić information content (AvgIpc) is 2.34. The summed E-state index contributed by atoms with van der Waals surface area (Å²) in [4.78, 5) is 22.0. The summed E-state index contributed by atoms with van der Waals surface area (Å²) in [6.45, 7) is 0.659. The fraction of sp³-hybridized carbons (Fsp3) is 0.385. The van der Waals surface area contributed by atoms with E-state index in [0.29, 0.717) is 0 Å². The maximum atomic E-state index is 12.8. The highest BCUT2D eigenvalue weighted by molar-refractivity contribution is 6.32. The Labute approximate surface area is 125 Å². The second-order valence-electron chi connectivity index (χ2n) is 4.71. The van der Waals surface area contributed by atoms with Crippen molar-refractivity contribution in [2.45, 2.75) is 18.9 Å². The zero-order valence-electron chi connectivity index (χ0n) is 11.2. The van der Waals surface area contributed by atoms with Crippen molar-refractivity contribution in [1.82, 2.24) is 5.32 Å². The third-order valence-electron chi connectivity index (χ3n) is 2.45. The Hall–Kier alpha value is -1.86. The first kappa shape index (κ1) is 17.2. The highest BCUT2D eigenvalue weighted by Crippen LogP contribution is 2.24. The maximum absolute atomic E-state index is 12.8. The van der Waals surface area contributed by atoms with E-state index in [4.69, 9.17) is 21.4 Å². The third kappa shape index (κ3) is 6.42. The van der Waals surface area contributed by atoms with Crippen LogP contribution in [0.3, 0.4) is 0 Å². The van der Waals surface area contributed by atoms with Crippen molar-refractivity contribution in [2.75, 3.05) is 13.2 Å². The summed E-state index contributed by atoms with van der Waals surface area (Å²) < 4.78 is 17.9. The molecule has 1 unspecified atom stereocenters. The second kappa shape index (κ2) is 7.24. The minimum absolute atomic E-state index is 0.0284. The van der Waals surface area contributed by atoms with E-state index < -0.39 is 36.3 Å². The van der Waals surface area contributed by atoms with Crippen molar-refractivity contribution >= 4 is 23.5 Å². The molecule has 0 aliphatic carbocycles. The van der Waals surface area contributed by atoms with Gasteiger partial charge in [0, 0.05) is 6.54 Å². The lowest BCUT2D eigenvalue weighted by atomic mass is 10.0. The number of rotatable bonds is 7. The van der Waals surface area contributed by atoms with Crippen LogP contribution in [0.2, 0.25) is 5.02 Å². The van der Waals surface area contributed by atoms with E-state index in [-0.39, 0.29) is 17.3 Å². The summed E-state index contributed by atoms with van der Waals surface area (Å²) >= 11 is 5.72. The predicted molar refractivity (Wildman–Crippen MR) is 72.8 cm³/mol. The number of carbonyl (C=O) groups excluding carboxylic acids is 1. The summed E-state index contributed by atoms with van der Waals surface area (Å²) in [5.74, 6) is -2.13. The lowest BCUT2D eigenvalue weighted by Gasteiger charge is -2.21. The van der Waals surface area contributed by atoms with Crippen LogP contribution in [0, 0.1) is 5.82 Å². The molecule has 1 atom stereocenters. The number of benzene rings is 1. The normalized spacial score (nSPS) is 13.3. The first-order chi connectivity index (χ1) is 9.69. The molecule has 116 valence electrons. The molecule has 0 saturated carbocycles. The van der Waals surface area contributed by atoms with Crippen LogP contribution in [-0.2, 0) is 9.59 Å². The molecule has 0 aliphatic heterocycles. The number of amides is 1. The minimum Gasteiger partial charge on any atom is -0.482 e. The van der Waals surface area contributed by atoms with E-state index in [1.165, 1.54) is 13.0 Å². The van der Waals surface area contributed by atoms with Crippen molar-refractivity contribution in [2.24, 2.45) is 0 Å². The van der Waals surface area contributed by atoms with Crippen LogP contribution in [0.5, 0.6) is 5.75 Å². The van der Waals surface area contributed by atoms with Gasteiger partial charge in [0.05, 0.1) is 17.0 Å². The van der Waals surface area contributed by atoms with Gasteiger partial charge in [0.1, 0.15) is 11.6 Å². The largest absolute Gasteiger partial charge is 0.482 e. The van der Waals surface area contributed by atoms with Crippen LogP contribution < -0.4 is 10.1 Å². The van der Waals surface area contributed by atoms with Gasteiger partial charge in [-0.1, -0.05) is 11.6 Å². The zero-order valence-corrected chi connectivity index (χ0v) is 12.0. The number of hydrogen-bond donors (Lipinski definition) is 3. The standard InChI is InChI=1S/C13H15ClFNO5/c1-13(20,5-12(18)19)7-16-11(17)6-21-10-3-2-8(15)4-9(10)14/h2-4,20H,5-7H2,1H3,(H,16,17)(H,18,19). The topological polar surface area (TPSA) is 95.9 Å². The number of nitrogens with one attached hydrogen (secondary N) is 1. The summed E-state index contributed by atoms with van der Waals surface area (Å²) in [6, 6.07) is 3.47. The summed E-state index contributed by atoms with van der Waals surface area (Å²) in [7, 11) is 0. The predicted octanol–water partition coefficient (Wildman–Crippen LogP) is 1.20. The Morgan fingerprint density at radius 2 is 2.14 bits per heavy atom. The molecule has 0 heterocycles. The Kier molecular flexibility index (Phi) is 5.92. The van der Waals surface area contributed by atoms with Gasteiger partial charge in [0.2, 0.25) is 0 Å². The van der Waals surface area contributed by atoms with Crippen molar-refractivity contribution < 1.29 is 28.9 Å². The van der Waals surface area contributed by atoms with E-state index in [9.17, 15) is 19.1 Å². The van der Waals surface area contributed by atoms with Gasteiger partial charge in [-0.15, -0.1) is 0 Å². The SMILES string of the molecule is CC(O)(CNC(=O)COc1ccc(F)cc1Cl)CC(=O)O. The Bertz CT molecular complexity index is 535. The third-order valence-corrected chi connectivity index (χ3v) is 2.75. The first-order valence-electron chi connectivity index (χ1n) is 5.98. The van der Waals surface area contributed by atoms with Crippen LogP contribution in [0.1, 0.15) is 13.3 Å². The Morgan fingerprint density at radius 1 is 1.48 bits per heavy atom. The Morgan fingerprint density at radius 3 is 2.71 bits per heavy atom. The van der Waals surface area contributed by atoms with Crippen LogP contribution in [0.15, 0.2) is 18.2 Å². The molecule has 3 N–H and O–H groups in total. The molecule has 0 fully saturated rings. The van der Waals surface area contributed by atoms with Gasteiger partial charge in [-0.25, -0.2) is 4.39 Å². The molecule has 1 aromatic carbocycles. The molecule has 0 aromatic heterocycles. The number of carboxylic acid groups (broad SMARTS) is 1. The molecule has 6 nitrogen and oxygen atoms in total. The van der Waals surface area contributed by atoms with Gasteiger partial charge in [0.25, 0.3) is 5.91 Å². The number of carbonyl (C=O) groups is 2. The number of halogens is 2. The molecule has 0 spiro atoms. The minimum atomic E-state index is -1.56. The van der Waals surface area contributed by atoms with Crippen molar-refractivity contribution in [3.8, 4) is 5.75 Å². The van der Waals surface area contributed by atoms with E-state index >= 15 is 0 Å². The molecule has 1 aromatic rings. The lowest BCUT2D eigenvalue weighted by molar-refractivity contribution is -0.142. The van der Waals surface area contributed by atoms with E-state index in [1.807, 2.05) is 0 Å².